The zero-order chi connectivity index (χ0) is 14.2. The smallest absolute Gasteiger partial charge is 1.00 e. The Bertz CT molecular complexity index is 772. The Hall–Kier alpha value is -0.986. The third kappa shape index (κ3) is 3.44. The van der Waals surface area contributed by atoms with Crippen molar-refractivity contribution in [3.8, 4) is 0 Å². The van der Waals surface area contributed by atoms with Crippen molar-refractivity contribution in [2.75, 3.05) is 0 Å². The Morgan fingerprint density at radius 2 is 1.78 bits per heavy atom. The van der Waals surface area contributed by atoms with Gasteiger partial charge in [0.05, 0.1) is 0 Å². The van der Waals surface area contributed by atoms with E-state index >= 15 is 0 Å². The van der Waals surface area contributed by atoms with Gasteiger partial charge in [0.1, 0.15) is 0 Å². The second-order valence-electron chi connectivity index (χ2n) is 5.65. The number of rotatable bonds is 3. The molecule has 0 bridgehead atoms. The van der Waals surface area contributed by atoms with E-state index in [2.05, 4.69) is 78.5 Å². The predicted molar refractivity (Wildman–Crippen MR) is 83.4 cm³/mol. The molecule has 1 heterocycles. The van der Waals surface area contributed by atoms with E-state index in [1.807, 2.05) is 0 Å². The Balaban J connectivity index is 0.000000960. The molecule has 23 heavy (non-hydrogen) atoms. The van der Waals surface area contributed by atoms with Gasteiger partial charge in [-0.1, -0.05) is 0 Å². The summed E-state index contributed by atoms with van der Waals surface area (Å²) in [4.78, 5) is 0. The molecule has 1 atom stereocenters. The number of allylic oxidation sites excluding steroid dienone is 5. The van der Waals surface area contributed by atoms with Gasteiger partial charge in [-0.15, -0.1) is 0 Å². The van der Waals surface area contributed by atoms with Gasteiger partial charge < -0.3 is 24.8 Å². The third-order valence-electron chi connectivity index (χ3n) is 4.28. The monoisotopic (exact) mass is 377 g/mol. The second-order valence-corrected chi connectivity index (χ2v) is 7.89. The third-order valence-corrected chi connectivity index (χ3v) is 6.79. The van der Waals surface area contributed by atoms with Gasteiger partial charge in [0.25, 0.3) is 0 Å². The van der Waals surface area contributed by atoms with Crippen molar-refractivity contribution in [3.05, 3.63) is 85.4 Å². The van der Waals surface area contributed by atoms with E-state index < -0.39 is 0 Å². The summed E-state index contributed by atoms with van der Waals surface area (Å²) in [6.45, 7) is 2.26. The Morgan fingerprint density at radius 3 is 2.48 bits per heavy atom. The second kappa shape index (κ2) is 7.72. The van der Waals surface area contributed by atoms with Crippen LogP contribution in [-0.4, -0.2) is 4.57 Å². The van der Waals surface area contributed by atoms with Gasteiger partial charge in [-0.25, -0.2) is 0 Å². The number of nitrogens with zero attached hydrogens (tertiary/aromatic N) is 1. The molecular weight excluding hydrogens is 361 g/mol. The van der Waals surface area contributed by atoms with Gasteiger partial charge in [-0.3, -0.25) is 0 Å². The summed E-state index contributed by atoms with van der Waals surface area (Å²) in [5, 5.41) is 0. The molecule has 0 saturated heterocycles. The van der Waals surface area contributed by atoms with Crippen LogP contribution in [0.1, 0.15) is 30.5 Å². The van der Waals surface area contributed by atoms with Crippen molar-refractivity contribution in [2.24, 2.45) is 0 Å². The zero-order valence-corrected chi connectivity index (χ0v) is 15.9. The standard InChI is InChI=1S/C13H10N.C6H7.2ClH.Ti/c1-2-6-12-11(5-1)7-8-13(12)14-9-3-4-10-14;1-6-4-2-3-5-6;;;/h1-7,9-10,13H;2,4H,3H2,1H3;2*1H;/q;;;;+2/p-2. The van der Waals surface area contributed by atoms with Crippen LogP contribution in [0.15, 0.2) is 74.3 Å². The number of fused-ring (bicyclic) bond motifs is 1. The fourth-order valence-electron chi connectivity index (χ4n) is 3.19. The van der Waals surface area contributed by atoms with E-state index in [4.69, 9.17) is 0 Å². The van der Waals surface area contributed by atoms with Crippen molar-refractivity contribution in [1.82, 2.24) is 4.57 Å². The van der Waals surface area contributed by atoms with E-state index in [1.54, 1.807) is 7.76 Å². The molecule has 0 N–H and O–H groups in total. The molecule has 4 heteroatoms. The Kier molecular flexibility index (Phi) is 6.16. The zero-order valence-electron chi connectivity index (χ0n) is 12.8. The first-order chi connectivity index (χ1) is 10.3. The first-order valence-corrected chi connectivity index (χ1v) is 8.95. The molecule has 0 amide bonds. The minimum atomic E-state index is -0.216. The minimum Gasteiger partial charge on any atom is -1.00 e. The molecule has 0 radical (unpaired) electrons. The Morgan fingerprint density at radius 1 is 1.04 bits per heavy atom. The van der Waals surface area contributed by atoms with Crippen LogP contribution in [-0.2, 0) is 19.2 Å². The molecule has 0 spiro atoms. The quantitative estimate of drug-likeness (QED) is 0.589. The molecule has 116 valence electrons. The summed E-state index contributed by atoms with van der Waals surface area (Å²) in [5.41, 5.74) is 4.36. The minimum absolute atomic E-state index is 0. The van der Waals surface area contributed by atoms with Gasteiger partial charge >= 0.3 is 135 Å². The van der Waals surface area contributed by atoms with Crippen LogP contribution in [0.25, 0.3) is 6.08 Å². The largest absolute Gasteiger partial charge is 1.00 e. The normalized spacial score (nSPS) is 18.0. The summed E-state index contributed by atoms with van der Waals surface area (Å²) in [6.07, 6.45) is 12.6. The fourth-order valence-corrected chi connectivity index (χ4v) is 5.56. The van der Waals surface area contributed by atoms with Crippen LogP contribution in [0.4, 0.5) is 0 Å². The van der Waals surface area contributed by atoms with E-state index in [0.29, 0.717) is 6.04 Å². The Labute approximate surface area is 158 Å². The van der Waals surface area contributed by atoms with Crippen LogP contribution in [0.2, 0.25) is 0 Å². The van der Waals surface area contributed by atoms with Crippen LogP contribution >= 0.6 is 0 Å². The molecule has 2 aromatic rings. The van der Waals surface area contributed by atoms with E-state index in [9.17, 15) is 0 Å². The first kappa shape index (κ1) is 18.4. The van der Waals surface area contributed by atoms with Crippen LogP contribution in [0.5, 0.6) is 0 Å². The van der Waals surface area contributed by atoms with Gasteiger partial charge in [-0.2, -0.15) is 0 Å². The van der Waals surface area contributed by atoms with Gasteiger partial charge in [0.2, 0.25) is 0 Å². The summed E-state index contributed by atoms with van der Waals surface area (Å²) in [7, 11) is 0. The van der Waals surface area contributed by atoms with Gasteiger partial charge in [0.15, 0.2) is 0 Å². The summed E-state index contributed by atoms with van der Waals surface area (Å²) < 4.78 is 5.68. The average molecular weight is 378 g/mol. The average Bonchev–Trinajstić information content (AvgIpc) is 3.19. The molecule has 2 aliphatic carbocycles. The van der Waals surface area contributed by atoms with Gasteiger partial charge in [0, 0.05) is 0 Å². The van der Waals surface area contributed by atoms with Crippen molar-refractivity contribution >= 4 is 6.08 Å². The van der Waals surface area contributed by atoms with Crippen molar-refractivity contribution in [2.45, 2.75) is 19.4 Å². The molecule has 1 nitrogen and oxygen atoms in total. The van der Waals surface area contributed by atoms with E-state index in [1.165, 1.54) is 16.7 Å². The number of halogens is 2. The topological polar surface area (TPSA) is 4.93 Å². The molecule has 0 saturated carbocycles. The maximum Gasteiger partial charge on any atom is -1.00 e. The number of hydrogen-bond acceptors (Lipinski definition) is 0. The summed E-state index contributed by atoms with van der Waals surface area (Å²) >= 11 is -0.216. The summed E-state index contributed by atoms with van der Waals surface area (Å²) in [6, 6.07) is 13.5. The number of benzene rings is 1. The predicted octanol–water partition coefficient (Wildman–Crippen LogP) is -1.24. The van der Waals surface area contributed by atoms with Crippen molar-refractivity contribution < 1.29 is 44.0 Å². The molecule has 4 rings (SSSR count). The van der Waals surface area contributed by atoms with Gasteiger partial charge in [-0.05, 0) is 0 Å². The maximum atomic E-state index is 2.44. The molecule has 1 unspecified atom stereocenters. The SMILES string of the molecule is CC1=[C]([Ti+2][C]2=Cc3ccccc3C2n2cccc2)CC=C1.[Cl-].[Cl-]. The first-order valence-electron chi connectivity index (χ1n) is 7.39. The molecule has 0 fully saturated rings. The molecule has 0 aliphatic heterocycles. The maximum absolute atomic E-state index is 2.44. The van der Waals surface area contributed by atoms with Crippen molar-refractivity contribution in [1.29, 1.82) is 0 Å². The van der Waals surface area contributed by atoms with Crippen molar-refractivity contribution in [3.63, 3.8) is 0 Å². The van der Waals surface area contributed by atoms with Crippen LogP contribution < -0.4 is 24.8 Å². The van der Waals surface area contributed by atoms with E-state index in [-0.39, 0.29) is 44.0 Å². The fraction of sp³-hybridized carbons (Fsp3) is 0.158. The van der Waals surface area contributed by atoms with Crippen LogP contribution in [0.3, 0.4) is 0 Å². The number of hydrogen-bond donors (Lipinski definition) is 0. The summed E-state index contributed by atoms with van der Waals surface area (Å²) in [5.74, 6) is 0. The molecule has 1 aromatic heterocycles. The van der Waals surface area contributed by atoms with Crippen LogP contribution in [0, 0.1) is 0 Å². The molecule has 1 aromatic carbocycles. The molecule has 2 aliphatic rings. The van der Waals surface area contributed by atoms with E-state index in [0.717, 1.165) is 6.42 Å². The number of aromatic nitrogens is 1. The molecular formula is C19H17Cl2NTi.